The van der Waals surface area contributed by atoms with E-state index in [2.05, 4.69) is 27.6 Å². The monoisotopic (exact) mass is 279 g/mol. The van der Waals surface area contributed by atoms with E-state index in [0.29, 0.717) is 5.56 Å². The van der Waals surface area contributed by atoms with Crippen molar-refractivity contribution in [2.75, 3.05) is 0 Å². The van der Waals surface area contributed by atoms with E-state index in [1.807, 2.05) is 43.3 Å². The highest BCUT2D eigenvalue weighted by Crippen LogP contribution is 2.13. The number of aromatic amines is 1. The number of amides is 1. The molecule has 1 atom stereocenters. The molecular formula is C17H17N3O. The SMILES string of the molecule is CC(Cc1ccccc1)NC(=O)c1ccc2cn[nH]c2c1. The summed E-state index contributed by atoms with van der Waals surface area (Å²) in [5.74, 6) is -0.0602. The molecular weight excluding hydrogens is 262 g/mol. The van der Waals surface area contributed by atoms with E-state index in [9.17, 15) is 4.79 Å². The number of fused-ring (bicyclic) bond motifs is 1. The van der Waals surface area contributed by atoms with E-state index in [1.54, 1.807) is 6.20 Å². The summed E-state index contributed by atoms with van der Waals surface area (Å²) in [5.41, 5.74) is 2.74. The minimum atomic E-state index is -0.0602. The standard InChI is InChI=1S/C17H17N3O/c1-12(9-13-5-3-2-4-6-13)19-17(21)14-7-8-15-11-18-20-16(15)10-14/h2-8,10-12H,9H2,1H3,(H,18,20)(H,19,21). The number of carbonyl (C=O) groups is 1. The highest BCUT2D eigenvalue weighted by atomic mass is 16.1. The third kappa shape index (κ3) is 3.11. The van der Waals surface area contributed by atoms with Gasteiger partial charge in [0.15, 0.2) is 0 Å². The third-order valence-electron chi connectivity index (χ3n) is 3.47. The van der Waals surface area contributed by atoms with E-state index < -0.39 is 0 Å². The number of rotatable bonds is 4. The van der Waals surface area contributed by atoms with Crippen molar-refractivity contribution in [1.82, 2.24) is 15.5 Å². The minimum Gasteiger partial charge on any atom is -0.349 e. The van der Waals surface area contributed by atoms with Gasteiger partial charge in [0, 0.05) is 17.0 Å². The average Bonchev–Trinajstić information content (AvgIpc) is 2.95. The number of nitrogens with zero attached hydrogens (tertiary/aromatic N) is 1. The second kappa shape index (κ2) is 5.79. The van der Waals surface area contributed by atoms with Crippen LogP contribution in [0.2, 0.25) is 0 Å². The lowest BCUT2D eigenvalue weighted by Gasteiger charge is -2.14. The van der Waals surface area contributed by atoms with Crippen LogP contribution in [0.3, 0.4) is 0 Å². The lowest BCUT2D eigenvalue weighted by Crippen LogP contribution is -2.34. The smallest absolute Gasteiger partial charge is 0.251 e. The summed E-state index contributed by atoms with van der Waals surface area (Å²) in [7, 11) is 0. The maximum absolute atomic E-state index is 12.3. The molecule has 0 spiro atoms. The van der Waals surface area contributed by atoms with Gasteiger partial charge in [-0.3, -0.25) is 9.89 Å². The number of hydrogen-bond acceptors (Lipinski definition) is 2. The Labute approximate surface area is 123 Å². The Hall–Kier alpha value is -2.62. The molecule has 1 aromatic heterocycles. The van der Waals surface area contributed by atoms with Crippen molar-refractivity contribution in [2.45, 2.75) is 19.4 Å². The quantitative estimate of drug-likeness (QED) is 0.771. The van der Waals surface area contributed by atoms with E-state index in [0.717, 1.165) is 17.3 Å². The normalized spacial score (nSPS) is 12.2. The van der Waals surface area contributed by atoms with Crippen LogP contribution in [0.25, 0.3) is 10.9 Å². The molecule has 3 aromatic rings. The molecule has 4 heteroatoms. The predicted molar refractivity (Wildman–Crippen MR) is 83.2 cm³/mol. The number of nitrogens with one attached hydrogen (secondary N) is 2. The molecule has 4 nitrogen and oxygen atoms in total. The van der Waals surface area contributed by atoms with Crippen molar-refractivity contribution >= 4 is 16.8 Å². The largest absolute Gasteiger partial charge is 0.349 e. The topological polar surface area (TPSA) is 57.8 Å². The molecule has 0 aliphatic rings. The van der Waals surface area contributed by atoms with Crippen molar-refractivity contribution in [3.05, 3.63) is 65.9 Å². The van der Waals surface area contributed by atoms with Crippen LogP contribution in [0.15, 0.2) is 54.7 Å². The molecule has 0 fully saturated rings. The summed E-state index contributed by atoms with van der Waals surface area (Å²) in [4.78, 5) is 12.3. The van der Waals surface area contributed by atoms with E-state index in [-0.39, 0.29) is 11.9 Å². The van der Waals surface area contributed by atoms with E-state index >= 15 is 0 Å². The molecule has 0 aliphatic heterocycles. The zero-order chi connectivity index (χ0) is 14.7. The summed E-state index contributed by atoms with van der Waals surface area (Å²) >= 11 is 0. The fourth-order valence-electron chi connectivity index (χ4n) is 2.40. The lowest BCUT2D eigenvalue weighted by atomic mass is 10.1. The molecule has 0 saturated heterocycles. The van der Waals surface area contributed by atoms with Gasteiger partial charge in [-0.1, -0.05) is 36.4 Å². The summed E-state index contributed by atoms with van der Waals surface area (Å²) in [6.45, 7) is 2.01. The van der Waals surface area contributed by atoms with Gasteiger partial charge < -0.3 is 5.32 Å². The molecule has 1 heterocycles. The van der Waals surface area contributed by atoms with Gasteiger partial charge in [-0.2, -0.15) is 5.10 Å². The van der Waals surface area contributed by atoms with Crippen molar-refractivity contribution in [2.24, 2.45) is 0 Å². The maximum Gasteiger partial charge on any atom is 0.251 e. The Kier molecular flexibility index (Phi) is 3.69. The van der Waals surface area contributed by atoms with Crippen molar-refractivity contribution in [3.63, 3.8) is 0 Å². The average molecular weight is 279 g/mol. The van der Waals surface area contributed by atoms with Crippen LogP contribution in [-0.2, 0) is 6.42 Å². The first-order valence-electron chi connectivity index (χ1n) is 7.00. The van der Waals surface area contributed by atoms with Gasteiger partial charge in [0.2, 0.25) is 0 Å². The maximum atomic E-state index is 12.3. The Morgan fingerprint density at radius 1 is 1.24 bits per heavy atom. The van der Waals surface area contributed by atoms with Crippen molar-refractivity contribution in [3.8, 4) is 0 Å². The molecule has 2 aromatic carbocycles. The highest BCUT2D eigenvalue weighted by Gasteiger charge is 2.11. The molecule has 106 valence electrons. The molecule has 3 rings (SSSR count). The summed E-state index contributed by atoms with van der Waals surface area (Å²) in [5, 5.41) is 10.9. The van der Waals surface area contributed by atoms with Gasteiger partial charge in [0.25, 0.3) is 5.91 Å². The predicted octanol–water partition coefficient (Wildman–Crippen LogP) is 2.92. The van der Waals surface area contributed by atoms with Gasteiger partial charge in [-0.25, -0.2) is 0 Å². The number of hydrogen-bond donors (Lipinski definition) is 2. The van der Waals surface area contributed by atoms with Gasteiger partial charge >= 0.3 is 0 Å². The molecule has 1 unspecified atom stereocenters. The van der Waals surface area contributed by atoms with Crippen molar-refractivity contribution < 1.29 is 4.79 Å². The number of aromatic nitrogens is 2. The van der Waals surface area contributed by atoms with Gasteiger partial charge in [0.1, 0.15) is 0 Å². The van der Waals surface area contributed by atoms with Gasteiger partial charge in [-0.15, -0.1) is 0 Å². The van der Waals surface area contributed by atoms with E-state index in [4.69, 9.17) is 0 Å². The van der Waals surface area contributed by atoms with Gasteiger partial charge in [-0.05, 0) is 31.0 Å². The van der Waals surface area contributed by atoms with Crippen molar-refractivity contribution in [1.29, 1.82) is 0 Å². The fourth-order valence-corrected chi connectivity index (χ4v) is 2.40. The zero-order valence-corrected chi connectivity index (χ0v) is 11.8. The Bertz CT molecular complexity index is 749. The van der Waals surface area contributed by atoms with Crippen LogP contribution in [0, 0.1) is 0 Å². The molecule has 0 aliphatic carbocycles. The summed E-state index contributed by atoms with van der Waals surface area (Å²) in [6.07, 6.45) is 2.56. The van der Waals surface area contributed by atoms with Crippen LogP contribution in [0.5, 0.6) is 0 Å². The summed E-state index contributed by atoms with van der Waals surface area (Å²) < 4.78 is 0. The number of carbonyl (C=O) groups excluding carboxylic acids is 1. The van der Waals surface area contributed by atoms with Gasteiger partial charge in [0.05, 0.1) is 11.7 Å². The summed E-state index contributed by atoms with van der Waals surface area (Å²) in [6, 6.07) is 15.8. The van der Waals surface area contributed by atoms with Crippen LogP contribution in [-0.4, -0.2) is 22.1 Å². The second-order valence-corrected chi connectivity index (χ2v) is 5.24. The van der Waals surface area contributed by atoms with Crippen LogP contribution >= 0.6 is 0 Å². The second-order valence-electron chi connectivity index (χ2n) is 5.24. The molecule has 0 bridgehead atoms. The Balaban J connectivity index is 1.67. The van der Waals surface area contributed by atoms with Crippen LogP contribution < -0.4 is 5.32 Å². The highest BCUT2D eigenvalue weighted by molar-refractivity contribution is 5.97. The number of benzene rings is 2. The number of H-pyrrole nitrogens is 1. The fraction of sp³-hybridized carbons (Fsp3) is 0.176. The first-order chi connectivity index (χ1) is 10.2. The lowest BCUT2D eigenvalue weighted by molar-refractivity contribution is 0.0940. The zero-order valence-electron chi connectivity index (χ0n) is 11.8. The molecule has 21 heavy (non-hydrogen) atoms. The Morgan fingerprint density at radius 3 is 2.86 bits per heavy atom. The minimum absolute atomic E-state index is 0.0602. The van der Waals surface area contributed by atoms with E-state index in [1.165, 1.54) is 5.56 Å². The first kappa shape index (κ1) is 13.4. The molecule has 0 radical (unpaired) electrons. The third-order valence-corrected chi connectivity index (χ3v) is 3.47. The van der Waals surface area contributed by atoms with Crippen LogP contribution in [0.1, 0.15) is 22.8 Å². The van der Waals surface area contributed by atoms with Crippen LogP contribution in [0.4, 0.5) is 0 Å². The molecule has 0 saturated carbocycles. The molecule has 1 amide bonds. The molecule has 2 N–H and O–H groups in total. The first-order valence-corrected chi connectivity index (χ1v) is 7.00. The Morgan fingerprint density at radius 2 is 2.05 bits per heavy atom.